The zero-order chi connectivity index (χ0) is 19.3. The normalized spacial score (nSPS) is 17.0. The van der Waals surface area contributed by atoms with Crippen molar-refractivity contribution in [3.8, 4) is 5.69 Å². The van der Waals surface area contributed by atoms with Crippen LogP contribution in [0.3, 0.4) is 0 Å². The quantitative estimate of drug-likeness (QED) is 0.647. The second-order valence-corrected chi connectivity index (χ2v) is 7.22. The van der Waals surface area contributed by atoms with E-state index in [-0.39, 0.29) is 0 Å². The number of hydrogen-bond acceptors (Lipinski definition) is 5. The number of imidazole rings is 1. The SMILES string of the molecule is Cc1nccn1-c1ccc(COCC2CN(c3cccc(N)c3)CCN2)cc1. The van der Waals surface area contributed by atoms with Crippen LogP contribution >= 0.6 is 0 Å². The molecule has 1 aliphatic rings. The van der Waals surface area contributed by atoms with Gasteiger partial charge in [0, 0.05) is 55.1 Å². The number of ether oxygens (including phenoxy) is 1. The highest BCUT2D eigenvalue weighted by Crippen LogP contribution is 2.19. The molecule has 0 aliphatic carbocycles. The van der Waals surface area contributed by atoms with Crippen molar-refractivity contribution in [1.82, 2.24) is 14.9 Å². The summed E-state index contributed by atoms with van der Waals surface area (Å²) in [7, 11) is 0. The highest BCUT2D eigenvalue weighted by Gasteiger charge is 2.19. The topological polar surface area (TPSA) is 68.3 Å². The van der Waals surface area contributed by atoms with E-state index in [1.165, 1.54) is 11.3 Å². The predicted octanol–water partition coefficient (Wildman–Crippen LogP) is 2.76. The number of anilines is 2. The number of hydrogen-bond donors (Lipinski definition) is 2. The molecule has 1 saturated heterocycles. The summed E-state index contributed by atoms with van der Waals surface area (Å²) in [5, 5.41) is 3.55. The van der Waals surface area contributed by atoms with Crippen molar-refractivity contribution in [3.63, 3.8) is 0 Å². The molecule has 1 aliphatic heterocycles. The number of nitrogen functional groups attached to an aromatic ring is 1. The molecule has 0 bridgehead atoms. The summed E-state index contributed by atoms with van der Waals surface area (Å²) in [5.74, 6) is 0.983. The van der Waals surface area contributed by atoms with Gasteiger partial charge in [-0.3, -0.25) is 0 Å². The monoisotopic (exact) mass is 377 g/mol. The van der Waals surface area contributed by atoms with Gasteiger partial charge < -0.3 is 25.3 Å². The number of nitrogens with one attached hydrogen (secondary N) is 1. The first-order valence-corrected chi connectivity index (χ1v) is 9.70. The molecule has 6 heteroatoms. The van der Waals surface area contributed by atoms with Gasteiger partial charge in [-0.2, -0.15) is 0 Å². The average Bonchev–Trinajstić information content (AvgIpc) is 3.15. The van der Waals surface area contributed by atoms with Crippen LogP contribution in [0, 0.1) is 6.92 Å². The van der Waals surface area contributed by atoms with Crippen molar-refractivity contribution in [3.05, 3.63) is 72.3 Å². The van der Waals surface area contributed by atoms with E-state index in [4.69, 9.17) is 10.5 Å². The summed E-state index contributed by atoms with van der Waals surface area (Å²) in [6.45, 7) is 6.14. The van der Waals surface area contributed by atoms with Crippen molar-refractivity contribution < 1.29 is 4.74 Å². The summed E-state index contributed by atoms with van der Waals surface area (Å²) < 4.78 is 8.06. The molecule has 0 amide bonds. The van der Waals surface area contributed by atoms with Gasteiger partial charge in [-0.1, -0.05) is 18.2 Å². The Kier molecular flexibility index (Phi) is 5.60. The van der Waals surface area contributed by atoms with E-state index in [9.17, 15) is 0 Å². The van der Waals surface area contributed by atoms with Crippen LogP contribution in [0.25, 0.3) is 5.69 Å². The number of nitrogens with two attached hydrogens (primary N) is 1. The fourth-order valence-corrected chi connectivity index (χ4v) is 3.62. The standard InChI is InChI=1S/C22H27N5O/c1-17-24-10-12-27(17)21-7-5-18(6-8-21)15-28-16-20-14-26(11-9-25-20)22-4-2-3-19(23)13-22/h2-8,10,12-13,20,25H,9,11,14-16,23H2,1H3. The first kappa shape index (κ1) is 18.5. The second-order valence-electron chi connectivity index (χ2n) is 7.22. The molecule has 0 saturated carbocycles. The Labute approximate surface area is 165 Å². The lowest BCUT2D eigenvalue weighted by molar-refractivity contribution is 0.0972. The Bertz CT molecular complexity index is 905. The second kappa shape index (κ2) is 8.46. The molecule has 0 spiro atoms. The van der Waals surface area contributed by atoms with E-state index in [2.05, 4.69) is 50.1 Å². The van der Waals surface area contributed by atoms with Gasteiger partial charge in [-0.25, -0.2) is 4.98 Å². The van der Waals surface area contributed by atoms with Gasteiger partial charge in [0.1, 0.15) is 5.82 Å². The minimum absolute atomic E-state index is 0.308. The van der Waals surface area contributed by atoms with Gasteiger partial charge in [-0.05, 0) is 42.8 Å². The molecule has 28 heavy (non-hydrogen) atoms. The van der Waals surface area contributed by atoms with Crippen LogP contribution in [0.2, 0.25) is 0 Å². The minimum Gasteiger partial charge on any atom is -0.399 e. The Morgan fingerprint density at radius 2 is 2.04 bits per heavy atom. The van der Waals surface area contributed by atoms with Gasteiger partial charge in [0.2, 0.25) is 0 Å². The fraction of sp³-hybridized carbons (Fsp3) is 0.318. The van der Waals surface area contributed by atoms with Crippen LogP contribution in [0.15, 0.2) is 60.9 Å². The molecule has 6 nitrogen and oxygen atoms in total. The number of rotatable bonds is 6. The molecule has 1 unspecified atom stereocenters. The molecule has 2 heterocycles. The molecule has 3 N–H and O–H groups in total. The summed E-state index contributed by atoms with van der Waals surface area (Å²) >= 11 is 0. The summed E-state index contributed by atoms with van der Waals surface area (Å²) in [5.41, 5.74) is 10.2. The van der Waals surface area contributed by atoms with Gasteiger partial charge in [0.05, 0.1) is 13.2 Å². The number of aryl methyl sites for hydroxylation is 1. The van der Waals surface area contributed by atoms with Crippen molar-refractivity contribution in [2.75, 3.05) is 36.9 Å². The highest BCUT2D eigenvalue weighted by molar-refractivity contribution is 5.56. The van der Waals surface area contributed by atoms with Crippen molar-refractivity contribution >= 4 is 11.4 Å². The van der Waals surface area contributed by atoms with Crippen molar-refractivity contribution in [1.29, 1.82) is 0 Å². The molecule has 1 aromatic heterocycles. The average molecular weight is 377 g/mol. The van der Waals surface area contributed by atoms with Crippen LogP contribution in [-0.4, -0.2) is 41.8 Å². The number of piperazine rings is 1. The molecular formula is C22H27N5O. The Balaban J connectivity index is 1.28. The third-order valence-corrected chi connectivity index (χ3v) is 5.12. The Morgan fingerprint density at radius 1 is 1.18 bits per heavy atom. The third-order valence-electron chi connectivity index (χ3n) is 5.12. The van der Waals surface area contributed by atoms with Crippen molar-refractivity contribution in [2.24, 2.45) is 0 Å². The van der Waals surface area contributed by atoms with Crippen LogP contribution in [-0.2, 0) is 11.3 Å². The first-order valence-electron chi connectivity index (χ1n) is 9.70. The maximum Gasteiger partial charge on any atom is 0.110 e. The molecule has 0 radical (unpaired) electrons. The fourth-order valence-electron chi connectivity index (χ4n) is 3.62. The van der Waals surface area contributed by atoms with Crippen molar-refractivity contribution in [2.45, 2.75) is 19.6 Å². The van der Waals surface area contributed by atoms with E-state index in [0.29, 0.717) is 19.3 Å². The van der Waals surface area contributed by atoms with Gasteiger partial charge in [0.25, 0.3) is 0 Å². The molecule has 146 valence electrons. The van der Waals surface area contributed by atoms with Gasteiger partial charge in [0.15, 0.2) is 0 Å². The third kappa shape index (κ3) is 4.35. The van der Waals surface area contributed by atoms with E-state index in [0.717, 1.165) is 36.8 Å². The van der Waals surface area contributed by atoms with Crippen LogP contribution in [0.5, 0.6) is 0 Å². The zero-order valence-corrected chi connectivity index (χ0v) is 16.2. The molecule has 3 aromatic rings. The summed E-state index contributed by atoms with van der Waals surface area (Å²) in [6, 6.07) is 16.8. The lowest BCUT2D eigenvalue weighted by Gasteiger charge is -2.35. The smallest absolute Gasteiger partial charge is 0.110 e. The van der Waals surface area contributed by atoms with Crippen LogP contribution in [0.4, 0.5) is 11.4 Å². The Hall–Kier alpha value is -2.83. The largest absolute Gasteiger partial charge is 0.399 e. The summed E-state index contributed by atoms with van der Waals surface area (Å²) in [4.78, 5) is 6.63. The molecule has 1 atom stereocenters. The van der Waals surface area contributed by atoms with E-state index >= 15 is 0 Å². The summed E-state index contributed by atoms with van der Waals surface area (Å²) in [6.07, 6.45) is 3.79. The molecule has 4 rings (SSSR count). The lowest BCUT2D eigenvalue weighted by atomic mass is 10.2. The maximum atomic E-state index is 5.99. The van der Waals surface area contributed by atoms with Crippen LogP contribution in [0.1, 0.15) is 11.4 Å². The van der Waals surface area contributed by atoms with Gasteiger partial charge >= 0.3 is 0 Å². The number of nitrogens with zero attached hydrogens (tertiary/aromatic N) is 3. The molecular weight excluding hydrogens is 350 g/mol. The van der Waals surface area contributed by atoms with Crippen LogP contribution < -0.4 is 16.0 Å². The number of benzene rings is 2. The Morgan fingerprint density at radius 3 is 2.79 bits per heavy atom. The number of aromatic nitrogens is 2. The lowest BCUT2D eigenvalue weighted by Crippen LogP contribution is -2.52. The molecule has 2 aromatic carbocycles. The van der Waals surface area contributed by atoms with E-state index < -0.39 is 0 Å². The van der Waals surface area contributed by atoms with Gasteiger partial charge in [-0.15, -0.1) is 0 Å². The first-order chi connectivity index (χ1) is 13.7. The predicted molar refractivity (Wildman–Crippen MR) is 113 cm³/mol. The highest BCUT2D eigenvalue weighted by atomic mass is 16.5. The molecule has 1 fully saturated rings. The maximum absolute atomic E-state index is 5.99. The van der Waals surface area contributed by atoms with E-state index in [1.54, 1.807) is 0 Å². The minimum atomic E-state index is 0.308. The van der Waals surface area contributed by atoms with E-state index in [1.807, 2.05) is 37.5 Å². The zero-order valence-electron chi connectivity index (χ0n) is 16.2.